The molecule has 0 aromatic rings. The minimum Gasteiger partial charge on any atom is -0.342 e. The fraction of sp³-hybridized carbons (Fsp3) is 0.923. The molecule has 19 heavy (non-hydrogen) atoms. The van der Waals surface area contributed by atoms with Crippen LogP contribution in [0, 0.1) is 11.3 Å². The predicted molar refractivity (Wildman–Crippen MR) is 65.6 cm³/mol. The summed E-state index contributed by atoms with van der Waals surface area (Å²) in [4.78, 5) is 14.1. The number of alkyl halides is 3. The zero-order valence-corrected chi connectivity index (χ0v) is 11.2. The Hall–Kier alpha value is -0.780. The highest BCUT2D eigenvalue weighted by molar-refractivity contribution is 5.82. The van der Waals surface area contributed by atoms with Crippen LogP contribution in [0.25, 0.3) is 0 Å². The van der Waals surface area contributed by atoms with Gasteiger partial charge in [0.05, 0.1) is 5.92 Å². The number of carbonyl (C=O) groups is 1. The van der Waals surface area contributed by atoms with Crippen LogP contribution < -0.4 is 5.32 Å². The Morgan fingerprint density at radius 2 is 1.74 bits per heavy atom. The van der Waals surface area contributed by atoms with Crippen molar-refractivity contribution in [3.05, 3.63) is 0 Å². The number of piperidine rings is 2. The average Bonchev–Trinajstić information content (AvgIpc) is 2.38. The van der Waals surface area contributed by atoms with Gasteiger partial charge in [-0.3, -0.25) is 4.79 Å². The Morgan fingerprint density at radius 3 is 2.21 bits per heavy atom. The van der Waals surface area contributed by atoms with Crippen LogP contribution >= 0.6 is 0 Å². The van der Waals surface area contributed by atoms with Gasteiger partial charge < -0.3 is 10.2 Å². The Labute approximate surface area is 111 Å². The third-order valence-electron chi connectivity index (χ3n) is 4.47. The van der Waals surface area contributed by atoms with Gasteiger partial charge in [0.15, 0.2) is 0 Å². The number of nitrogens with one attached hydrogen (secondary N) is 1. The van der Waals surface area contributed by atoms with Crippen molar-refractivity contribution in [1.82, 2.24) is 10.2 Å². The molecule has 0 spiro atoms. The van der Waals surface area contributed by atoms with Gasteiger partial charge in [0, 0.05) is 18.5 Å². The van der Waals surface area contributed by atoms with E-state index in [1.165, 1.54) is 0 Å². The molecular formula is C13H21F3N2O. The molecule has 0 aliphatic carbocycles. The van der Waals surface area contributed by atoms with Crippen LogP contribution in [0.15, 0.2) is 0 Å². The minimum atomic E-state index is -4.12. The Balaban J connectivity index is 1.92. The Kier molecular flexibility index (Phi) is 4.08. The maximum atomic E-state index is 12.6. The van der Waals surface area contributed by atoms with Crippen molar-refractivity contribution in [2.75, 3.05) is 26.2 Å². The van der Waals surface area contributed by atoms with Crippen LogP contribution in [-0.4, -0.2) is 43.2 Å². The van der Waals surface area contributed by atoms with Gasteiger partial charge in [0.25, 0.3) is 0 Å². The summed E-state index contributed by atoms with van der Waals surface area (Å²) in [7, 11) is 0. The molecular weight excluding hydrogens is 257 g/mol. The monoisotopic (exact) mass is 278 g/mol. The highest BCUT2D eigenvalue weighted by Crippen LogP contribution is 2.36. The highest BCUT2D eigenvalue weighted by Gasteiger charge is 2.44. The molecule has 0 bridgehead atoms. The van der Waals surface area contributed by atoms with E-state index in [4.69, 9.17) is 0 Å². The highest BCUT2D eigenvalue weighted by atomic mass is 19.4. The zero-order chi connectivity index (χ0) is 14.1. The number of likely N-dealkylation sites (tertiary alicyclic amines) is 1. The van der Waals surface area contributed by atoms with Gasteiger partial charge in [0.1, 0.15) is 0 Å². The molecule has 2 aliphatic heterocycles. The van der Waals surface area contributed by atoms with E-state index in [9.17, 15) is 18.0 Å². The number of halogens is 3. The molecule has 0 aromatic heterocycles. The molecule has 1 amide bonds. The van der Waals surface area contributed by atoms with Crippen LogP contribution in [0.4, 0.5) is 13.2 Å². The second-order valence-electron chi connectivity index (χ2n) is 5.92. The SMILES string of the molecule is CC1(C(=O)N2CCC(C(F)(F)F)CC2)CCNCC1. The van der Waals surface area contributed by atoms with Gasteiger partial charge in [-0.15, -0.1) is 0 Å². The van der Waals surface area contributed by atoms with Gasteiger partial charge in [0.2, 0.25) is 5.91 Å². The molecule has 2 heterocycles. The summed E-state index contributed by atoms with van der Waals surface area (Å²) in [6.45, 7) is 4.03. The summed E-state index contributed by atoms with van der Waals surface area (Å²) in [6, 6.07) is 0. The van der Waals surface area contributed by atoms with Crippen LogP contribution in [0.5, 0.6) is 0 Å². The first-order chi connectivity index (χ1) is 8.83. The molecule has 0 atom stereocenters. The number of carbonyl (C=O) groups excluding carboxylic acids is 1. The lowest BCUT2D eigenvalue weighted by Gasteiger charge is -2.40. The normalized spacial score (nSPS) is 25.4. The molecule has 2 fully saturated rings. The van der Waals surface area contributed by atoms with E-state index in [-0.39, 0.29) is 31.8 Å². The van der Waals surface area contributed by atoms with E-state index in [0.717, 1.165) is 25.9 Å². The maximum absolute atomic E-state index is 12.6. The fourth-order valence-electron chi connectivity index (χ4n) is 2.98. The van der Waals surface area contributed by atoms with Crippen molar-refractivity contribution in [1.29, 1.82) is 0 Å². The smallest absolute Gasteiger partial charge is 0.342 e. The molecule has 2 rings (SSSR count). The van der Waals surface area contributed by atoms with Crippen molar-refractivity contribution in [2.45, 2.75) is 38.8 Å². The van der Waals surface area contributed by atoms with Gasteiger partial charge in [-0.05, 0) is 38.8 Å². The Bertz CT molecular complexity index is 329. The number of amides is 1. The second kappa shape index (κ2) is 5.31. The van der Waals surface area contributed by atoms with Gasteiger partial charge in [-0.25, -0.2) is 0 Å². The van der Waals surface area contributed by atoms with Crippen LogP contribution in [-0.2, 0) is 4.79 Å². The van der Waals surface area contributed by atoms with Crippen LogP contribution in [0.2, 0.25) is 0 Å². The molecule has 0 unspecified atom stereocenters. The second-order valence-corrected chi connectivity index (χ2v) is 5.92. The number of hydrogen-bond acceptors (Lipinski definition) is 2. The standard InChI is InChI=1S/C13H21F3N2O/c1-12(4-6-17-7-5-12)11(19)18-8-2-10(3-9-18)13(14,15)16/h10,17H,2-9H2,1H3. The molecule has 6 heteroatoms. The summed E-state index contributed by atoms with van der Waals surface area (Å²) < 4.78 is 37.8. The van der Waals surface area contributed by atoms with E-state index in [1.54, 1.807) is 4.90 Å². The van der Waals surface area contributed by atoms with E-state index < -0.39 is 17.5 Å². The van der Waals surface area contributed by atoms with Crippen molar-refractivity contribution >= 4 is 5.91 Å². The predicted octanol–water partition coefficient (Wildman–Crippen LogP) is 2.18. The third kappa shape index (κ3) is 3.22. The van der Waals surface area contributed by atoms with Gasteiger partial charge in [-0.1, -0.05) is 6.92 Å². The fourth-order valence-corrected chi connectivity index (χ4v) is 2.98. The van der Waals surface area contributed by atoms with Crippen molar-refractivity contribution in [2.24, 2.45) is 11.3 Å². The number of hydrogen-bond donors (Lipinski definition) is 1. The minimum absolute atomic E-state index is 0.0367. The summed E-state index contributed by atoms with van der Waals surface area (Å²) in [6.07, 6.45) is -2.49. The first-order valence-electron chi connectivity index (χ1n) is 6.90. The van der Waals surface area contributed by atoms with E-state index in [0.29, 0.717) is 0 Å². The molecule has 110 valence electrons. The molecule has 0 radical (unpaired) electrons. The number of nitrogens with zero attached hydrogens (tertiary/aromatic N) is 1. The lowest BCUT2D eigenvalue weighted by atomic mass is 9.79. The summed E-state index contributed by atoms with van der Waals surface area (Å²) in [5.74, 6) is -1.20. The summed E-state index contributed by atoms with van der Waals surface area (Å²) >= 11 is 0. The Morgan fingerprint density at radius 1 is 1.21 bits per heavy atom. The average molecular weight is 278 g/mol. The molecule has 2 saturated heterocycles. The molecule has 3 nitrogen and oxygen atoms in total. The van der Waals surface area contributed by atoms with Crippen molar-refractivity contribution < 1.29 is 18.0 Å². The first kappa shape index (κ1) is 14.6. The van der Waals surface area contributed by atoms with E-state index in [2.05, 4.69) is 5.32 Å². The zero-order valence-electron chi connectivity index (χ0n) is 11.2. The molecule has 0 saturated carbocycles. The first-order valence-corrected chi connectivity index (χ1v) is 6.90. The van der Waals surface area contributed by atoms with E-state index in [1.807, 2.05) is 6.92 Å². The molecule has 1 N–H and O–H groups in total. The van der Waals surface area contributed by atoms with Crippen LogP contribution in [0.3, 0.4) is 0 Å². The maximum Gasteiger partial charge on any atom is 0.391 e. The van der Waals surface area contributed by atoms with Crippen molar-refractivity contribution in [3.63, 3.8) is 0 Å². The summed E-state index contributed by atoms with van der Waals surface area (Å²) in [5, 5.41) is 3.21. The lowest BCUT2D eigenvalue weighted by Crippen LogP contribution is -2.51. The van der Waals surface area contributed by atoms with Crippen molar-refractivity contribution in [3.8, 4) is 0 Å². The quantitative estimate of drug-likeness (QED) is 0.797. The lowest BCUT2D eigenvalue weighted by molar-refractivity contribution is -0.187. The largest absolute Gasteiger partial charge is 0.391 e. The third-order valence-corrected chi connectivity index (χ3v) is 4.47. The topological polar surface area (TPSA) is 32.3 Å². The van der Waals surface area contributed by atoms with Gasteiger partial charge >= 0.3 is 6.18 Å². The molecule has 0 aromatic carbocycles. The van der Waals surface area contributed by atoms with Crippen LogP contribution in [0.1, 0.15) is 32.6 Å². The molecule has 2 aliphatic rings. The summed E-state index contributed by atoms with van der Waals surface area (Å²) in [5.41, 5.74) is -0.393. The van der Waals surface area contributed by atoms with Gasteiger partial charge in [-0.2, -0.15) is 13.2 Å². The number of rotatable bonds is 1. The van der Waals surface area contributed by atoms with E-state index >= 15 is 0 Å².